The summed E-state index contributed by atoms with van der Waals surface area (Å²) in [6.45, 7) is 3.94. The number of benzene rings is 2. The van der Waals surface area contributed by atoms with Crippen LogP contribution in [-0.2, 0) is 9.59 Å². The van der Waals surface area contributed by atoms with E-state index in [0.717, 1.165) is 36.8 Å². The van der Waals surface area contributed by atoms with Gasteiger partial charge >= 0.3 is 0 Å². The summed E-state index contributed by atoms with van der Waals surface area (Å²) >= 11 is 0. The second-order valence-corrected chi connectivity index (χ2v) is 7.86. The number of nitrogens with one attached hydrogen (secondary N) is 1. The van der Waals surface area contributed by atoms with E-state index < -0.39 is 0 Å². The van der Waals surface area contributed by atoms with Crippen LogP contribution in [-0.4, -0.2) is 17.7 Å². The molecule has 0 radical (unpaired) electrons. The molecule has 0 bridgehead atoms. The highest BCUT2D eigenvalue weighted by Crippen LogP contribution is 2.41. The van der Waals surface area contributed by atoms with Gasteiger partial charge in [0, 0.05) is 5.69 Å². The Bertz CT molecular complexity index is 922. The molecule has 1 N–H and O–H groups in total. The molecule has 1 heterocycles. The lowest BCUT2D eigenvalue weighted by atomic mass is 9.81. The van der Waals surface area contributed by atoms with Gasteiger partial charge in [-0.15, -0.1) is 0 Å². The number of rotatable bonds is 3. The summed E-state index contributed by atoms with van der Waals surface area (Å²) in [4.78, 5) is 40.1. The van der Waals surface area contributed by atoms with E-state index in [1.807, 2.05) is 32.0 Å². The molecule has 0 spiro atoms. The number of imide groups is 1. The van der Waals surface area contributed by atoms with Crippen molar-refractivity contribution in [1.82, 2.24) is 0 Å². The summed E-state index contributed by atoms with van der Waals surface area (Å²) in [6, 6.07) is 12.7. The van der Waals surface area contributed by atoms with Crippen LogP contribution in [0.15, 0.2) is 42.5 Å². The first-order valence-electron chi connectivity index (χ1n) is 9.82. The van der Waals surface area contributed by atoms with Crippen molar-refractivity contribution in [2.24, 2.45) is 11.8 Å². The monoisotopic (exact) mass is 376 g/mol. The zero-order chi connectivity index (χ0) is 19.8. The Kier molecular flexibility index (Phi) is 4.75. The number of fused-ring (bicyclic) bond motifs is 1. The minimum atomic E-state index is -0.323. The Morgan fingerprint density at radius 1 is 0.929 bits per heavy atom. The number of anilines is 2. The van der Waals surface area contributed by atoms with E-state index in [-0.39, 0.29) is 29.6 Å². The van der Waals surface area contributed by atoms with Crippen LogP contribution < -0.4 is 10.2 Å². The first-order chi connectivity index (χ1) is 13.5. The van der Waals surface area contributed by atoms with Gasteiger partial charge in [0.25, 0.3) is 5.91 Å². The zero-order valence-corrected chi connectivity index (χ0v) is 16.2. The van der Waals surface area contributed by atoms with Crippen LogP contribution in [0.1, 0.15) is 47.2 Å². The van der Waals surface area contributed by atoms with Crippen molar-refractivity contribution < 1.29 is 14.4 Å². The Morgan fingerprint density at radius 3 is 2.11 bits per heavy atom. The van der Waals surface area contributed by atoms with Crippen molar-refractivity contribution in [3.8, 4) is 0 Å². The number of carbonyl (C=O) groups is 3. The first kappa shape index (κ1) is 18.4. The van der Waals surface area contributed by atoms with E-state index in [9.17, 15) is 14.4 Å². The molecular formula is C23H24N2O3. The summed E-state index contributed by atoms with van der Waals surface area (Å²) in [6.07, 6.45) is 3.46. The van der Waals surface area contributed by atoms with Crippen LogP contribution in [0.4, 0.5) is 11.4 Å². The van der Waals surface area contributed by atoms with Crippen LogP contribution in [0.2, 0.25) is 0 Å². The molecule has 1 saturated carbocycles. The van der Waals surface area contributed by atoms with E-state index in [2.05, 4.69) is 5.32 Å². The zero-order valence-electron chi connectivity index (χ0n) is 16.2. The lowest BCUT2D eigenvalue weighted by Crippen LogP contribution is -2.32. The van der Waals surface area contributed by atoms with Crippen LogP contribution in [0, 0.1) is 25.7 Å². The van der Waals surface area contributed by atoms with Crippen LogP contribution >= 0.6 is 0 Å². The molecule has 28 heavy (non-hydrogen) atoms. The van der Waals surface area contributed by atoms with Gasteiger partial charge in [0.05, 0.1) is 23.1 Å². The summed E-state index contributed by atoms with van der Waals surface area (Å²) < 4.78 is 0. The van der Waals surface area contributed by atoms with Crippen molar-refractivity contribution in [3.63, 3.8) is 0 Å². The molecule has 144 valence electrons. The van der Waals surface area contributed by atoms with Gasteiger partial charge < -0.3 is 5.32 Å². The molecule has 1 aliphatic heterocycles. The number of aryl methyl sites for hydroxylation is 2. The second kappa shape index (κ2) is 7.23. The van der Waals surface area contributed by atoms with E-state index in [1.165, 1.54) is 4.90 Å². The summed E-state index contributed by atoms with van der Waals surface area (Å²) in [5.74, 6) is -1.13. The Balaban J connectivity index is 1.66. The van der Waals surface area contributed by atoms with Crippen LogP contribution in [0.25, 0.3) is 0 Å². The van der Waals surface area contributed by atoms with Gasteiger partial charge in [-0.25, -0.2) is 4.90 Å². The molecule has 2 aromatic rings. The molecule has 0 aromatic heterocycles. The standard InChI is InChI=1S/C23H24N2O3/c1-14-11-15(2)13-16(12-14)24-21(26)19-9-5-6-10-20(19)25-22(27)17-7-3-4-8-18(17)23(25)28/h5-6,9-13,17-18H,3-4,7-8H2,1-2H3,(H,24,26)/t17-,18+. The summed E-state index contributed by atoms with van der Waals surface area (Å²) in [5.41, 5.74) is 3.52. The van der Waals surface area contributed by atoms with Crippen molar-refractivity contribution in [2.75, 3.05) is 10.2 Å². The third-order valence-corrected chi connectivity index (χ3v) is 5.71. The highest BCUT2D eigenvalue weighted by Gasteiger charge is 2.49. The van der Waals surface area contributed by atoms with E-state index >= 15 is 0 Å². The predicted octanol–water partition coefficient (Wildman–Crippen LogP) is 4.24. The normalized spacial score (nSPS) is 21.6. The van der Waals surface area contributed by atoms with Gasteiger partial charge in [0.15, 0.2) is 0 Å². The molecule has 3 amide bonds. The Morgan fingerprint density at radius 2 is 1.50 bits per heavy atom. The average molecular weight is 376 g/mol. The van der Waals surface area contributed by atoms with Crippen LogP contribution in [0.5, 0.6) is 0 Å². The average Bonchev–Trinajstić information content (AvgIpc) is 2.92. The fourth-order valence-corrected chi connectivity index (χ4v) is 4.51. The SMILES string of the molecule is Cc1cc(C)cc(NC(=O)c2ccccc2N2C(=O)[C@H]3CCCC[C@H]3C2=O)c1. The van der Waals surface area contributed by atoms with Gasteiger partial charge in [-0.2, -0.15) is 0 Å². The van der Waals surface area contributed by atoms with E-state index in [0.29, 0.717) is 16.9 Å². The second-order valence-electron chi connectivity index (χ2n) is 7.86. The van der Waals surface area contributed by atoms with Crippen LogP contribution in [0.3, 0.4) is 0 Å². The fourth-order valence-electron chi connectivity index (χ4n) is 4.51. The minimum Gasteiger partial charge on any atom is -0.322 e. The number of amides is 3. The quantitative estimate of drug-likeness (QED) is 0.815. The smallest absolute Gasteiger partial charge is 0.257 e. The number of hydrogen-bond acceptors (Lipinski definition) is 3. The molecular weight excluding hydrogens is 352 g/mol. The molecule has 5 nitrogen and oxygen atoms in total. The Hall–Kier alpha value is -2.95. The van der Waals surface area contributed by atoms with Gasteiger partial charge in [0.2, 0.25) is 11.8 Å². The topological polar surface area (TPSA) is 66.5 Å². The van der Waals surface area contributed by atoms with E-state index in [4.69, 9.17) is 0 Å². The third-order valence-electron chi connectivity index (χ3n) is 5.71. The molecule has 4 rings (SSSR count). The molecule has 2 fully saturated rings. The van der Waals surface area contributed by atoms with Gasteiger partial charge in [-0.3, -0.25) is 14.4 Å². The molecule has 0 unspecified atom stereocenters. The number of nitrogens with zero attached hydrogens (tertiary/aromatic N) is 1. The molecule has 2 aliphatic rings. The maximum absolute atomic E-state index is 13.0. The van der Waals surface area contributed by atoms with Gasteiger partial charge in [-0.1, -0.05) is 31.0 Å². The lowest BCUT2D eigenvalue weighted by Gasteiger charge is -2.19. The van der Waals surface area contributed by atoms with Crippen molar-refractivity contribution in [1.29, 1.82) is 0 Å². The maximum atomic E-state index is 13.0. The number of carbonyl (C=O) groups excluding carboxylic acids is 3. The van der Waals surface area contributed by atoms with Crippen molar-refractivity contribution >= 4 is 29.1 Å². The summed E-state index contributed by atoms with van der Waals surface area (Å²) in [7, 11) is 0. The lowest BCUT2D eigenvalue weighted by molar-refractivity contribution is -0.122. The minimum absolute atomic E-state index is 0.165. The number of hydrogen-bond donors (Lipinski definition) is 1. The maximum Gasteiger partial charge on any atom is 0.257 e. The first-order valence-corrected chi connectivity index (χ1v) is 9.82. The highest BCUT2D eigenvalue weighted by molar-refractivity contribution is 6.24. The van der Waals surface area contributed by atoms with Gasteiger partial charge in [0.1, 0.15) is 0 Å². The molecule has 2 aromatic carbocycles. The Labute approximate surface area is 164 Å². The highest BCUT2D eigenvalue weighted by atomic mass is 16.2. The third kappa shape index (κ3) is 3.21. The molecule has 2 atom stereocenters. The molecule has 5 heteroatoms. The molecule has 1 saturated heterocycles. The fraction of sp³-hybridized carbons (Fsp3) is 0.348. The van der Waals surface area contributed by atoms with Crippen molar-refractivity contribution in [3.05, 3.63) is 59.2 Å². The largest absolute Gasteiger partial charge is 0.322 e. The van der Waals surface area contributed by atoms with E-state index in [1.54, 1.807) is 24.3 Å². The number of para-hydroxylation sites is 1. The predicted molar refractivity (Wildman–Crippen MR) is 108 cm³/mol. The van der Waals surface area contributed by atoms with Crippen molar-refractivity contribution in [2.45, 2.75) is 39.5 Å². The van der Waals surface area contributed by atoms with Gasteiger partial charge in [-0.05, 0) is 62.1 Å². The molecule has 1 aliphatic carbocycles. The summed E-state index contributed by atoms with van der Waals surface area (Å²) in [5, 5.41) is 2.91.